The van der Waals surface area contributed by atoms with Gasteiger partial charge in [-0.2, -0.15) is 10.4 Å². The third-order valence-corrected chi connectivity index (χ3v) is 6.10. The maximum atomic E-state index is 13.2. The fourth-order valence-electron chi connectivity index (χ4n) is 3.35. The Morgan fingerprint density at radius 3 is 2.06 bits per heavy atom. The van der Waals surface area contributed by atoms with Crippen LogP contribution in [0.5, 0.6) is 0 Å². The smallest absolute Gasteiger partial charge is 0.316 e. The van der Waals surface area contributed by atoms with Gasteiger partial charge in [-0.05, 0) is 30.6 Å². The van der Waals surface area contributed by atoms with Crippen molar-refractivity contribution in [3.63, 3.8) is 0 Å². The topological polar surface area (TPSA) is 85.1 Å². The second-order valence-electron chi connectivity index (χ2n) is 7.53. The molecule has 0 fully saturated rings. The molecule has 0 saturated heterocycles. The van der Waals surface area contributed by atoms with E-state index >= 15 is 0 Å². The van der Waals surface area contributed by atoms with Crippen LogP contribution in [-0.4, -0.2) is 16.9 Å². The number of nitrogens with one attached hydrogen (secondary N) is 1. The minimum atomic E-state index is -0.763. The van der Waals surface area contributed by atoms with Gasteiger partial charge in [0.1, 0.15) is 0 Å². The van der Waals surface area contributed by atoms with Gasteiger partial charge >= 0.3 is 11.2 Å². The molecule has 1 heterocycles. The molecule has 0 aliphatic carbocycles. The first kappa shape index (κ1) is 21.4. The largest absolute Gasteiger partial charge is 0.451 e. The van der Waals surface area contributed by atoms with Crippen LogP contribution in [0.4, 0.5) is 15.6 Å². The number of amides is 3. The molecule has 3 N–H and O–H groups in total. The number of aromatic nitrogens is 1. The third kappa shape index (κ3) is 4.03. The van der Waals surface area contributed by atoms with Gasteiger partial charge in [0.2, 0.25) is 0 Å². The van der Waals surface area contributed by atoms with Crippen LogP contribution in [0.1, 0.15) is 21.5 Å². The molecule has 0 radical (unpaired) electrons. The quantitative estimate of drug-likeness (QED) is 0.323. The predicted octanol–water partition coefficient (Wildman–Crippen LogP) is 5.49. The number of quaternary nitrogens is 1. The first-order valence-corrected chi connectivity index (χ1v) is 11.0. The van der Waals surface area contributed by atoms with Crippen LogP contribution in [0.3, 0.4) is 0 Å². The van der Waals surface area contributed by atoms with Gasteiger partial charge in [0.15, 0.2) is 5.69 Å². The summed E-state index contributed by atoms with van der Waals surface area (Å²) in [5.41, 5.74) is 13.5. The summed E-state index contributed by atoms with van der Waals surface area (Å²) in [5, 5.41) is 2.21. The van der Waals surface area contributed by atoms with E-state index in [1.54, 1.807) is 36.4 Å². The summed E-state index contributed by atoms with van der Waals surface area (Å²) < 4.78 is -0.718. The fourth-order valence-corrected chi connectivity index (χ4v) is 4.30. The summed E-state index contributed by atoms with van der Waals surface area (Å²) in [7, 11) is 0. The van der Waals surface area contributed by atoms with E-state index in [1.807, 2.05) is 61.7 Å². The van der Waals surface area contributed by atoms with Gasteiger partial charge < -0.3 is 5.73 Å². The first-order valence-electron chi connectivity index (χ1n) is 10.1. The van der Waals surface area contributed by atoms with E-state index in [-0.39, 0.29) is 0 Å². The number of para-hydroxylation sites is 1. The summed E-state index contributed by atoms with van der Waals surface area (Å²) in [6.07, 6.45) is 0. The first-order chi connectivity index (χ1) is 15.4. The number of rotatable bonds is 4. The predicted molar refractivity (Wildman–Crippen MR) is 128 cm³/mol. The molecule has 3 amide bonds. The number of carbonyl (C=O) groups is 2. The van der Waals surface area contributed by atoms with Crippen molar-refractivity contribution in [1.82, 2.24) is 15.0 Å². The molecule has 1 aromatic heterocycles. The molecule has 4 rings (SSSR count). The Balaban J connectivity index is 1.82. The molecule has 3 aromatic carbocycles. The maximum Gasteiger partial charge on any atom is 0.451 e. The van der Waals surface area contributed by atoms with E-state index in [9.17, 15) is 9.59 Å². The zero-order valence-electron chi connectivity index (χ0n) is 17.8. The van der Waals surface area contributed by atoms with Gasteiger partial charge in [-0.25, -0.2) is 4.79 Å². The van der Waals surface area contributed by atoms with Crippen molar-refractivity contribution in [2.24, 2.45) is 5.73 Å². The number of hydrogen-bond acceptors (Lipinski definition) is 4. The monoisotopic (exact) mass is 443 g/mol. The van der Waals surface area contributed by atoms with Crippen LogP contribution >= 0.6 is 11.3 Å². The summed E-state index contributed by atoms with van der Waals surface area (Å²) >= 11 is 1.26. The van der Waals surface area contributed by atoms with Crippen LogP contribution in [0.15, 0.2) is 84.2 Å². The number of primary amides is 1. The van der Waals surface area contributed by atoms with E-state index in [1.165, 1.54) is 11.3 Å². The summed E-state index contributed by atoms with van der Waals surface area (Å²) in [4.78, 5) is 30.9. The average molecular weight is 444 g/mol. The molecular weight excluding hydrogens is 420 g/mol. The van der Waals surface area contributed by atoms with Crippen LogP contribution in [0, 0.1) is 13.8 Å². The van der Waals surface area contributed by atoms with Crippen molar-refractivity contribution in [2.45, 2.75) is 13.8 Å². The Kier molecular flexibility index (Phi) is 5.85. The normalized spacial score (nSPS) is 12.7. The SMILES string of the molecule is Cc1ccc(C(=O)N[N+](C(N)=O)(c2ccccc2)c2nc(-c3ccc(C)cc3)cs2)cc1. The lowest BCUT2D eigenvalue weighted by Gasteiger charge is -2.29. The highest BCUT2D eigenvalue weighted by Gasteiger charge is 2.46. The molecule has 0 aliphatic rings. The molecule has 1 atom stereocenters. The minimum absolute atomic E-state index is 0.347. The number of hydrogen-bond donors (Lipinski definition) is 2. The van der Waals surface area contributed by atoms with E-state index in [0.29, 0.717) is 22.1 Å². The summed E-state index contributed by atoms with van der Waals surface area (Å²) in [5.74, 6) is -0.431. The summed E-state index contributed by atoms with van der Waals surface area (Å²) in [6.45, 7) is 3.96. The number of benzene rings is 3. The summed E-state index contributed by atoms with van der Waals surface area (Å²) in [6, 6.07) is 23.2. The highest BCUT2D eigenvalue weighted by Crippen LogP contribution is 2.37. The highest BCUT2D eigenvalue weighted by atomic mass is 32.1. The van der Waals surface area contributed by atoms with Crippen molar-refractivity contribution in [3.8, 4) is 11.3 Å². The number of aryl methyl sites for hydroxylation is 2. The van der Waals surface area contributed by atoms with E-state index in [2.05, 4.69) is 5.43 Å². The molecule has 32 heavy (non-hydrogen) atoms. The molecule has 0 aliphatic heterocycles. The number of thiazole rings is 1. The van der Waals surface area contributed by atoms with Gasteiger partial charge in [0, 0.05) is 28.6 Å². The van der Waals surface area contributed by atoms with Crippen LogP contribution in [0.25, 0.3) is 11.3 Å². The van der Waals surface area contributed by atoms with Crippen LogP contribution in [0.2, 0.25) is 0 Å². The third-order valence-electron chi connectivity index (χ3n) is 5.18. The van der Waals surface area contributed by atoms with Crippen molar-refractivity contribution >= 4 is 34.1 Å². The molecular formula is C25H23N4O2S+. The van der Waals surface area contributed by atoms with Crippen LogP contribution in [-0.2, 0) is 0 Å². The lowest BCUT2D eigenvalue weighted by Crippen LogP contribution is -2.63. The zero-order valence-corrected chi connectivity index (χ0v) is 18.6. The zero-order chi connectivity index (χ0) is 22.7. The van der Waals surface area contributed by atoms with E-state index in [0.717, 1.165) is 16.7 Å². The maximum absolute atomic E-state index is 13.2. The van der Waals surface area contributed by atoms with Crippen LogP contribution < -0.4 is 15.8 Å². The average Bonchev–Trinajstić information content (AvgIpc) is 3.29. The molecule has 0 saturated carbocycles. The number of carbonyl (C=O) groups excluding carboxylic acids is 2. The standard InChI is InChI=1S/C25H22N4O2S/c1-17-8-12-19(13-9-17)22-16-32-25(27-22)29(24(26)31,21-6-4-3-5-7-21)28-23(30)20-14-10-18(2)11-15-20/h3-16H,1-2H3,(H2-,26,28,30,31)/p+1. The second-order valence-corrected chi connectivity index (χ2v) is 8.37. The lowest BCUT2D eigenvalue weighted by atomic mass is 10.1. The van der Waals surface area contributed by atoms with Crippen molar-refractivity contribution in [3.05, 3.63) is 101 Å². The minimum Gasteiger partial charge on any atom is -0.316 e. The van der Waals surface area contributed by atoms with Crippen molar-refractivity contribution in [1.29, 1.82) is 0 Å². The van der Waals surface area contributed by atoms with Gasteiger partial charge in [0.25, 0.3) is 5.91 Å². The Hall–Kier alpha value is -3.81. The Labute approximate surface area is 190 Å². The molecule has 4 aromatic rings. The van der Waals surface area contributed by atoms with Gasteiger partial charge in [-0.1, -0.05) is 77.1 Å². The van der Waals surface area contributed by atoms with Gasteiger partial charge in [0.05, 0.1) is 5.69 Å². The molecule has 0 spiro atoms. The van der Waals surface area contributed by atoms with Crippen molar-refractivity contribution < 1.29 is 9.59 Å². The number of urea groups is 1. The second kappa shape index (κ2) is 8.74. The Bertz CT molecular complexity index is 1250. The van der Waals surface area contributed by atoms with Gasteiger partial charge in [-0.15, -0.1) is 0 Å². The number of nitrogens with two attached hydrogens (primary N) is 1. The molecule has 1 unspecified atom stereocenters. The van der Waals surface area contributed by atoms with Gasteiger partial charge in [-0.3, -0.25) is 4.79 Å². The molecule has 7 heteroatoms. The highest BCUT2D eigenvalue weighted by molar-refractivity contribution is 7.14. The van der Waals surface area contributed by atoms with Crippen molar-refractivity contribution in [2.75, 3.05) is 0 Å². The number of nitrogens with zero attached hydrogens (tertiary/aromatic N) is 2. The lowest BCUT2D eigenvalue weighted by molar-refractivity contribution is 0.0881. The Morgan fingerprint density at radius 2 is 1.47 bits per heavy atom. The Morgan fingerprint density at radius 1 is 0.875 bits per heavy atom. The molecule has 160 valence electrons. The molecule has 6 nitrogen and oxygen atoms in total. The molecule has 0 bridgehead atoms. The fraction of sp³-hybridized carbons (Fsp3) is 0.0800. The van der Waals surface area contributed by atoms with E-state index < -0.39 is 16.5 Å². The van der Waals surface area contributed by atoms with E-state index in [4.69, 9.17) is 10.7 Å².